The van der Waals surface area contributed by atoms with E-state index < -0.39 is 51.3 Å². The summed E-state index contributed by atoms with van der Waals surface area (Å²) in [6.45, 7) is 3.63. The highest BCUT2D eigenvalue weighted by atomic mass is 31.2. The lowest BCUT2D eigenvalue weighted by molar-refractivity contribution is -0.870. The van der Waals surface area contributed by atoms with Crippen LogP contribution in [0.25, 0.3) is 0 Å². The van der Waals surface area contributed by atoms with E-state index in [2.05, 4.69) is 98.9 Å². The Bertz CT molecular complexity index is 1450. The fraction of sp³-hybridized carbons (Fsp3) is 0.600. The summed E-state index contributed by atoms with van der Waals surface area (Å²) < 4.78 is 33.6. The molecule has 0 rings (SSSR count). The molecular formula is C50H82NO10P. The zero-order chi connectivity index (χ0) is 46.0. The first-order chi connectivity index (χ1) is 29.8. The Kier molecular flexibility index (Phi) is 38.1. The second kappa shape index (κ2) is 40.4. The number of unbranched alkanes of at least 4 members (excludes halogenated alkanes) is 3. The molecule has 12 heteroatoms. The van der Waals surface area contributed by atoms with Crippen LogP contribution in [0, 0.1) is 0 Å². The van der Waals surface area contributed by atoms with E-state index in [4.69, 9.17) is 18.5 Å². The van der Waals surface area contributed by atoms with Crippen LogP contribution >= 0.6 is 7.82 Å². The first-order valence-corrected chi connectivity index (χ1v) is 24.2. The van der Waals surface area contributed by atoms with Crippen LogP contribution in [0.5, 0.6) is 0 Å². The highest BCUT2D eigenvalue weighted by Crippen LogP contribution is 2.38. The predicted octanol–water partition coefficient (Wildman–Crippen LogP) is 10.4. The van der Waals surface area contributed by atoms with Crippen LogP contribution in [0.1, 0.15) is 129 Å². The molecule has 0 aliphatic rings. The van der Waals surface area contributed by atoms with Gasteiger partial charge >= 0.3 is 11.9 Å². The number of aliphatic hydroxyl groups excluding tert-OH is 2. The van der Waals surface area contributed by atoms with Crippen molar-refractivity contribution in [3.8, 4) is 0 Å². The summed E-state index contributed by atoms with van der Waals surface area (Å²) in [4.78, 5) is 37.6. The highest BCUT2D eigenvalue weighted by molar-refractivity contribution is 7.45. The Balaban J connectivity index is 4.72. The van der Waals surface area contributed by atoms with Gasteiger partial charge in [-0.2, -0.15) is 0 Å². The molecule has 0 aliphatic carbocycles. The van der Waals surface area contributed by atoms with Crippen molar-refractivity contribution in [2.45, 2.75) is 148 Å². The third kappa shape index (κ3) is 41.9. The van der Waals surface area contributed by atoms with Gasteiger partial charge in [-0.1, -0.05) is 136 Å². The Labute approximate surface area is 375 Å². The van der Waals surface area contributed by atoms with Gasteiger partial charge in [0.15, 0.2) is 6.10 Å². The zero-order valence-corrected chi connectivity index (χ0v) is 39.6. The topological polar surface area (TPSA) is 152 Å². The number of nitrogens with zero attached hydrogens (tertiary/aromatic N) is 1. The molecule has 62 heavy (non-hydrogen) atoms. The molecule has 11 nitrogen and oxygen atoms in total. The van der Waals surface area contributed by atoms with Crippen molar-refractivity contribution >= 4 is 19.8 Å². The summed E-state index contributed by atoms with van der Waals surface area (Å²) in [7, 11) is 0.945. The van der Waals surface area contributed by atoms with Gasteiger partial charge in [-0.05, 0) is 89.9 Å². The molecule has 0 aromatic heterocycles. The lowest BCUT2D eigenvalue weighted by Crippen LogP contribution is -2.37. The summed E-state index contributed by atoms with van der Waals surface area (Å²) >= 11 is 0. The lowest BCUT2D eigenvalue weighted by Gasteiger charge is -2.28. The molecule has 0 saturated carbocycles. The van der Waals surface area contributed by atoms with Gasteiger partial charge in [0.25, 0.3) is 7.82 Å². The number of likely N-dealkylation sites (N-methyl/N-ethyl adjacent to an activating group) is 1. The van der Waals surface area contributed by atoms with Crippen LogP contribution in [0.2, 0.25) is 0 Å². The van der Waals surface area contributed by atoms with Crippen LogP contribution in [-0.4, -0.2) is 92.5 Å². The monoisotopic (exact) mass is 888 g/mol. The van der Waals surface area contributed by atoms with Gasteiger partial charge in [0.1, 0.15) is 19.8 Å². The molecule has 0 radical (unpaired) electrons. The van der Waals surface area contributed by atoms with Crippen LogP contribution in [-0.2, 0) is 32.7 Å². The van der Waals surface area contributed by atoms with Crippen molar-refractivity contribution < 1.29 is 52.3 Å². The normalized spacial score (nSPS) is 15.5. The quantitative estimate of drug-likeness (QED) is 0.0201. The van der Waals surface area contributed by atoms with Crippen LogP contribution < -0.4 is 4.89 Å². The van der Waals surface area contributed by atoms with E-state index in [0.717, 1.165) is 51.4 Å². The molecule has 0 fully saturated rings. The first-order valence-electron chi connectivity index (χ1n) is 22.8. The van der Waals surface area contributed by atoms with Crippen molar-refractivity contribution in [2.24, 2.45) is 0 Å². The number of esters is 2. The molecule has 0 spiro atoms. The Morgan fingerprint density at radius 2 is 1.10 bits per heavy atom. The predicted molar refractivity (Wildman–Crippen MR) is 252 cm³/mol. The minimum absolute atomic E-state index is 0.0323. The van der Waals surface area contributed by atoms with Gasteiger partial charge in [0, 0.05) is 12.8 Å². The van der Waals surface area contributed by atoms with E-state index >= 15 is 0 Å². The zero-order valence-electron chi connectivity index (χ0n) is 38.7. The van der Waals surface area contributed by atoms with Gasteiger partial charge in [-0.25, -0.2) is 0 Å². The molecule has 0 aromatic carbocycles. The standard InChI is InChI=1S/C50H82NO10P/c1-6-8-10-12-14-16-18-20-21-22-23-24-25-26-28-30-32-34-36-40-50(55)61-46(45-60-62(56,57)59-43-42-51(3,4)5)44-58-49(54)41-37-39-48(53)47(52)38-35-33-31-29-27-19-17-15-13-11-9-7-2/h8,10,14-17,20-21,23-24,26-29,32-35,46-48,52-53H,6-7,9,11-13,18-19,22,25,30-31,36-45H2,1-5H3/b10-8-,16-14-,17-15-,21-20-,24-23-,28-26-,29-27-,34-32-,35-33-/t46-,47?,48?/m1/s1. The van der Waals surface area contributed by atoms with Crippen molar-refractivity contribution in [2.75, 3.05) is 47.5 Å². The fourth-order valence-corrected chi connectivity index (χ4v) is 6.04. The molecule has 2 N–H and O–H groups in total. The summed E-state index contributed by atoms with van der Waals surface area (Å²) in [5.74, 6) is -1.23. The van der Waals surface area contributed by atoms with Crippen molar-refractivity contribution in [3.63, 3.8) is 0 Å². The third-order valence-corrected chi connectivity index (χ3v) is 9.96. The third-order valence-electron chi connectivity index (χ3n) is 8.99. The van der Waals surface area contributed by atoms with Crippen molar-refractivity contribution in [1.29, 1.82) is 0 Å². The molecule has 0 aromatic rings. The number of allylic oxidation sites excluding steroid dienone is 17. The second-order valence-electron chi connectivity index (χ2n) is 16.0. The van der Waals surface area contributed by atoms with E-state index in [1.807, 2.05) is 45.4 Å². The Morgan fingerprint density at radius 3 is 1.61 bits per heavy atom. The Morgan fingerprint density at radius 1 is 0.597 bits per heavy atom. The van der Waals surface area contributed by atoms with Gasteiger partial charge in [-0.15, -0.1) is 0 Å². The first kappa shape index (κ1) is 58.6. The minimum atomic E-state index is -4.72. The number of rotatable bonds is 39. The smallest absolute Gasteiger partial charge is 0.306 e. The molecule has 0 amide bonds. The van der Waals surface area contributed by atoms with E-state index in [0.29, 0.717) is 23.9 Å². The van der Waals surface area contributed by atoms with Gasteiger partial charge in [0.2, 0.25) is 0 Å². The van der Waals surface area contributed by atoms with Crippen molar-refractivity contribution in [1.82, 2.24) is 0 Å². The maximum Gasteiger partial charge on any atom is 0.306 e. The van der Waals surface area contributed by atoms with E-state index in [1.165, 1.54) is 19.3 Å². The maximum absolute atomic E-state index is 12.7. The average molecular weight is 888 g/mol. The van der Waals surface area contributed by atoms with E-state index in [-0.39, 0.29) is 38.7 Å². The molecule has 0 saturated heterocycles. The minimum Gasteiger partial charge on any atom is -0.756 e. The number of carbonyl (C=O) groups is 2. The summed E-state index contributed by atoms with van der Waals surface area (Å²) in [5, 5.41) is 20.7. The Hall–Kier alpha value is -3.41. The summed E-state index contributed by atoms with van der Waals surface area (Å²) in [6.07, 6.45) is 47.4. The van der Waals surface area contributed by atoms with Crippen LogP contribution in [0.3, 0.4) is 0 Å². The second-order valence-corrected chi connectivity index (χ2v) is 17.4. The highest BCUT2D eigenvalue weighted by Gasteiger charge is 2.22. The molecule has 4 atom stereocenters. The number of quaternary nitrogens is 1. The van der Waals surface area contributed by atoms with Crippen molar-refractivity contribution in [3.05, 3.63) is 109 Å². The lowest BCUT2D eigenvalue weighted by atomic mass is 10.0. The SMILES string of the molecule is CC/C=C\C/C=C\C/C=C\C/C=C\C/C=C\C/C=C\CCC(=O)O[C@H](COC(=O)CCCC(O)C(O)C/C=C\C/C=C\C/C=C\CCCCC)COP(=O)([O-])OCC[N+](C)(C)C. The summed E-state index contributed by atoms with van der Waals surface area (Å²) in [6, 6.07) is 0. The number of ether oxygens (including phenoxy) is 2. The van der Waals surface area contributed by atoms with E-state index in [1.54, 1.807) is 0 Å². The van der Waals surface area contributed by atoms with Gasteiger partial charge in [-0.3, -0.25) is 14.2 Å². The van der Waals surface area contributed by atoms with Gasteiger partial charge < -0.3 is 38.1 Å². The average Bonchev–Trinajstić information content (AvgIpc) is 3.22. The maximum atomic E-state index is 12.7. The van der Waals surface area contributed by atoms with Crippen LogP contribution in [0.4, 0.5) is 0 Å². The van der Waals surface area contributed by atoms with E-state index in [9.17, 15) is 29.3 Å². The van der Waals surface area contributed by atoms with Gasteiger partial charge in [0.05, 0.1) is 40.0 Å². The van der Waals surface area contributed by atoms with Crippen LogP contribution in [0.15, 0.2) is 109 Å². The fourth-order valence-electron chi connectivity index (χ4n) is 5.31. The largest absolute Gasteiger partial charge is 0.756 e. The number of aliphatic hydroxyl groups is 2. The molecule has 0 bridgehead atoms. The molecular weight excluding hydrogens is 806 g/mol. The number of phosphoric acid groups is 1. The molecule has 0 heterocycles. The number of phosphoric ester groups is 1. The number of hydrogen-bond donors (Lipinski definition) is 2. The molecule has 3 unspecified atom stereocenters. The number of carbonyl (C=O) groups excluding carboxylic acids is 2. The molecule has 0 aliphatic heterocycles. The number of hydrogen-bond acceptors (Lipinski definition) is 10. The summed E-state index contributed by atoms with van der Waals surface area (Å²) in [5.41, 5.74) is 0. The molecule has 352 valence electrons.